The molecule has 3 heteroatoms. The van der Waals surface area contributed by atoms with Gasteiger partial charge in [0.05, 0.1) is 12.6 Å². The number of ether oxygens (including phenoxy) is 1. The first kappa shape index (κ1) is 13.9. The van der Waals surface area contributed by atoms with E-state index in [0.29, 0.717) is 5.02 Å². The number of methoxy groups -OCH3 is 1. The van der Waals surface area contributed by atoms with Crippen molar-refractivity contribution in [3.8, 4) is 5.75 Å². The Bertz CT molecular complexity index is 593. The van der Waals surface area contributed by atoms with Gasteiger partial charge in [0.2, 0.25) is 0 Å². The van der Waals surface area contributed by atoms with E-state index in [4.69, 9.17) is 22.1 Å². The third kappa shape index (κ3) is 2.60. The van der Waals surface area contributed by atoms with E-state index in [9.17, 15) is 0 Å². The fourth-order valence-electron chi connectivity index (χ4n) is 2.37. The van der Waals surface area contributed by atoms with Crippen LogP contribution in [0.5, 0.6) is 5.75 Å². The Morgan fingerprint density at radius 1 is 1.11 bits per heavy atom. The molecule has 2 aromatic carbocycles. The van der Waals surface area contributed by atoms with Crippen LogP contribution >= 0.6 is 11.6 Å². The predicted molar refractivity (Wildman–Crippen MR) is 79.8 cm³/mol. The fourth-order valence-corrected chi connectivity index (χ4v) is 2.71. The maximum absolute atomic E-state index is 6.53. The lowest BCUT2D eigenvalue weighted by atomic mass is 9.83. The molecule has 2 aromatic rings. The van der Waals surface area contributed by atoms with Crippen molar-refractivity contribution in [1.82, 2.24) is 0 Å². The molecule has 0 saturated heterocycles. The van der Waals surface area contributed by atoms with Crippen molar-refractivity contribution in [2.24, 2.45) is 5.73 Å². The van der Waals surface area contributed by atoms with E-state index in [1.807, 2.05) is 56.3 Å². The van der Waals surface area contributed by atoms with Crippen molar-refractivity contribution in [1.29, 1.82) is 0 Å². The average molecular weight is 276 g/mol. The van der Waals surface area contributed by atoms with Gasteiger partial charge >= 0.3 is 0 Å². The second-order valence-electron chi connectivity index (χ2n) is 4.86. The third-order valence-corrected chi connectivity index (χ3v) is 3.76. The van der Waals surface area contributed by atoms with Crippen LogP contribution in [0.25, 0.3) is 0 Å². The highest BCUT2D eigenvalue weighted by Crippen LogP contribution is 2.34. The Kier molecular flexibility index (Phi) is 3.83. The molecule has 0 aliphatic carbocycles. The van der Waals surface area contributed by atoms with Crippen LogP contribution in [-0.4, -0.2) is 7.11 Å². The Morgan fingerprint density at radius 3 is 2.37 bits per heavy atom. The van der Waals surface area contributed by atoms with Gasteiger partial charge in [-0.3, -0.25) is 0 Å². The number of aryl methyl sites for hydroxylation is 1. The van der Waals surface area contributed by atoms with Gasteiger partial charge in [0.15, 0.2) is 0 Å². The highest BCUT2D eigenvalue weighted by Gasteiger charge is 2.27. The molecule has 0 spiro atoms. The highest BCUT2D eigenvalue weighted by molar-refractivity contribution is 6.31. The zero-order valence-corrected chi connectivity index (χ0v) is 12.2. The first-order chi connectivity index (χ1) is 8.96. The Labute approximate surface area is 119 Å². The van der Waals surface area contributed by atoms with Crippen LogP contribution in [0.4, 0.5) is 0 Å². The van der Waals surface area contributed by atoms with E-state index in [-0.39, 0.29) is 0 Å². The van der Waals surface area contributed by atoms with E-state index in [1.54, 1.807) is 7.11 Å². The summed E-state index contributed by atoms with van der Waals surface area (Å²) in [6.07, 6.45) is 0. The van der Waals surface area contributed by atoms with Crippen LogP contribution in [0, 0.1) is 6.92 Å². The van der Waals surface area contributed by atoms with Crippen molar-refractivity contribution < 1.29 is 4.74 Å². The quantitative estimate of drug-likeness (QED) is 0.923. The summed E-state index contributed by atoms with van der Waals surface area (Å²) in [6.45, 7) is 4.00. The summed E-state index contributed by atoms with van der Waals surface area (Å²) < 4.78 is 5.23. The van der Waals surface area contributed by atoms with Gasteiger partial charge in [-0.25, -0.2) is 0 Å². The molecule has 0 radical (unpaired) electrons. The Hall–Kier alpha value is -1.51. The van der Waals surface area contributed by atoms with E-state index < -0.39 is 5.54 Å². The smallest absolute Gasteiger partial charge is 0.119 e. The van der Waals surface area contributed by atoms with Gasteiger partial charge < -0.3 is 10.5 Å². The molecule has 19 heavy (non-hydrogen) atoms. The second-order valence-corrected chi connectivity index (χ2v) is 5.27. The monoisotopic (exact) mass is 275 g/mol. The molecule has 2 N–H and O–H groups in total. The topological polar surface area (TPSA) is 35.2 Å². The second kappa shape index (κ2) is 5.24. The average Bonchev–Trinajstić information content (AvgIpc) is 2.38. The largest absolute Gasteiger partial charge is 0.497 e. The van der Waals surface area contributed by atoms with Gasteiger partial charge in [-0.1, -0.05) is 35.9 Å². The number of rotatable bonds is 3. The summed E-state index contributed by atoms with van der Waals surface area (Å²) in [5.41, 5.74) is 8.95. The SMILES string of the molecule is COc1ccc(C(C)(N)c2ccccc2Cl)c(C)c1. The fraction of sp³-hybridized carbons (Fsp3) is 0.250. The van der Waals surface area contributed by atoms with E-state index in [1.165, 1.54) is 0 Å². The summed E-state index contributed by atoms with van der Waals surface area (Å²) in [4.78, 5) is 0. The van der Waals surface area contributed by atoms with Crippen LogP contribution in [-0.2, 0) is 5.54 Å². The van der Waals surface area contributed by atoms with Gasteiger partial charge in [-0.2, -0.15) is 0 Å². The molecule has 2 rings (SSSR count). The summed E-state index contributed by atoms with van der Waals surface area (Å²) >= 11 is 6.26. The number of benzene rings is 2. The van der Waals surface area contributed by atoms with E-state index in [0.717, 1.165) is 22.4 Å². The van der Waals surface area contributed by atoms with Gasteiger partial charge in [0, 0.05) is 5.02 Å². The lowest BCUT2D eigenvalue weighted by Gasteiger charge is -2.28. The predicted octanol–water partition coefficient (Wildman–Crippen LogP) is 3.88. The van der Waals surface area contributed by atoms with Gasteiger partial charge in [-0.05, 0) is 48.7 Å². The molecule has 0 saturated carbocycles. The van der Waals surface area contributed by atoms with Crippen molar-refractivity contribution in [3.05, 3.63) is 64.2 Å². The van der Waals surface area contributed by atoms with Crippen LogP contribution in [0.1, 0.15) is 23.6 Å². The van der Waals surface area contributed by atoms with E-state index >= 15 is 0 Å². The maximum atomic E-state index is 6.53. The molecule has 0 bridgehead atoms. The number of hydrogen-bond acceptors (Lipinski definition) is 2. The standard InChI is InChI=1S/C16H18ClNO/c1-11-10-12(19-3)8-9-13(11)16(2,18)14-6-4-5-7-15(14)17/h4-10H,18H2,1-3H3. The van der Waals surface area contributed by atoms with Crippen LogP contribution in [0.2, 0.25) is 5.02 Å². The minimum atomic E-state index is -0.630. The molecular formula is C16H18ClNO. The van der Waals surface area contributed by atoms with Crippen LogP contribution < -0.4 is 10.5 Å². The Balaban J connectivity index is 2.53. The van der Waals surface area contributed by atoms with Gasteiger partial charge in [0.1, 0.15) is 5.75 Å². The highest BCUT2D eigenvalue weighted by atomic mass is 35.5. The molecule has 0 amide bonds. The van der Waals surface area contributed by atoms with Crippen LogP contribution in [0.3, 0.4) is 0 Å². The number of nitrogens with two attached hydrogens (primary N) is 1. The van der Waals surface area contributed by atoms with Gasteiger partial charge in [-0.15, -0.1) is 0 Å². The summed E-state index contributed by atoms with van der Waals surface area (Å²) in [5.74, 6) is 0.830. The number of halogens is 1. The summed E-state index contributed by atoms with van der Waals surface area (Å²) in [6, 6.07) is 13.6. The molecule has 0 heterocycles. The molecule has 1 unspecified atom stereocenters. The normalized spacial score (nSPS) is 13.9. The lowest BCUT2D eigenvalue weighted by molar-refractivity contribution is 0.414. The first-order valence-corrected chi connectivity index (χ1v) is 6.53. The molecule has 1 atom stereocenters. The minimum absolute atomic E-state index is 0.630. The molecule has 100 valence electrons. The molecule has 0 aliphatic rings. The van der Waals surface area contributed by atoms with Crippen molar-refractivity contribution >= 4 is 11.6 Å². The van der Waals surface area contributed by atoms with Gasteiger partial charge in [0.25, 0.3) is 0 Å². The molecule has 0 aliphatic heterocycles. The lowest BCUT2D eigenvalue weighted by Crippen LogP contribution is -2.35. The Morgan fingerprint density at radius 2 is 1.79 bits per heavy atom. The molecule has 0 fully saturated rings. The van der Waals surface area contributed by atoms with Crippen LogP contribution in [0.15, 0.2) is 42.5 Å². The van der Waals surface area contributed by atoms with E-state index in [2.05, 4.69) is 0 Å². The maximum Gasteiger partial charge on any atom is 0.119 e. The van der Waals surface area contributed by atoms with Crippen molar-refractivity contribution in [2.45, 2.75) is 19.4 Å². The zero-order chi connectivity index (χ0) is 14.0. The number of hydrogen-bond donors (Lipinski definition) is 1. The zero-order valence-electron chi connectivity index (χ0n) is 11.4. The molecule has 2 nitrogen and oxygen atoms in total. The molecule has 0 aromatic heterocycles. The first-order valence-electron chi connectivity index (χ1n) is 6.16. The minimum Gasteiger partial charge on any atom is -0.497 e. The summed E-state index contributed by atoms with van der Waals surface area (Å²) in [5, 5.41) is 0.683. The van der Waals surface area contributed by atoms with Crippen molar-refractivity contribution in [2.75, 3.05) is 7.11 Å². The third-order valence-electron chi connectivity index (χ3n) is 3.43. The summed E-state index contributed by atoms with van der Waals surface area (Å²) in [7, 11) is 1.66. The van der Waals surface area contributed by atoms with Crippen molar-refractivity contribution in [3.63, 3.8) is 0 Å². The molecular weight excluding hydrogens is 258 g/mol.